The van der Waals surface area contributed by atoms with Gasteiger partial charge < -0.3 is 0 Å². The Hall–Kier alpha value is -2.58. The molecule has 1 aliphatic heterocycles. The fraction of sp³-hybridized carbons (Fsp3) is 0.238. The van der Waals surface area contributed by atoms with Gasteiger partial charge >= 0.3 is 6.03 Å². The zero-order chi connectivity index (χ0) is 20.5. The van der Waals surface area contributed by atoms with Crippen LogP contribution in [0.15, 0.2) is 52.7 Å². The van der Waals surface area contributed by atoms with Crippen LogP contribution in [0.5, 0.6) is 0 Å². The molecule has 1 fully saturated rings. The Morgan fingerprint density at radius 3 is 2.41 bits per heavy atom. The van der Waals surface area contributed by atoms with Crippen LogP contribution in [-0.2, 0) is 10.8 Å². The SMILES string of the molecule is Cc1nc(N2CCCN(c3ccc(-c4ccccc4F)cc3)C2=O)sc1S(C)=O. The molecule has 1 unspecified atom stereocenters. The van der Waals surface area contributed by atoms with Crippen LogP contribution < -0.4 is 9.80 Å². The van der Waals surface area contributed by atoms with E-state index in [9.17, 15) is 13.4 Å². The fourth-order valence-electron chi connectivity index (χ4n) is 3.41. The van der Waals surface area contributed by atoms with Crippen LogP contribution in [0.2, 0.25) is 0 Å². The minimum atomic E-state index is -1.13. The molecule has 1 atom stereocenters. The molecule has 29 heavy (non-hydrogen) atoms. The first kappa shape index (κ1) is 19.7. The van der Waals surface area contributed by atoms with Crippen LogP contribution in [-0.4, -0.2) is 34.6 Å². The van der Waals surface area contributed by atoms with Gasteiger partial charge in [0.1, 0.15) is 10.0 Å². The number of thiazole rings is 1. The molecule has 1 aromatic heterocycles. The highest BCUT2D eigenvalue weighted by atomic mass is 32.2. The molecule has 0 bridgehead atoms. The van der Waals surface area contributed by atoms with Gasteiger partial charge in [-0.1, -0.05) is 41.7 Å². The normalized spacial score (nSPS) is 15.6. The largest absolute Gasteiger partial charge is 0.330 e. The number of carbonyl (C=O) groups excluding carboxylic acids is 1. The number of nitrogens with zero attached hydrogens (tertiary/aromatic N) is 3. The molecule has 2 aromatic carbocycles. The Morgan fingerprint density at radius 1 is 1.07 bits per heavy atom. The van der Waals surface area contributed by atoms with Crippen molar-refractivity contribution in [3.63, 3.8) is 0 Å². The number of hydrogen-bond donors (Lipinski definition) is 0. The predicted octanol–water partition coefficient (Wildman–Crippen LogP) is 4.83. The van der Waals surface area contributed by atoms with Gasteiger partial charge in [-0.05, 0) is 37.1 Å². The molecule has 0 N–H and O–H groups in total. The lowest BCUT2D eigenvalue weighted by atomic mass is 10.0. The monoisotopic (exact) mass is 429 g/mol. The maximum Gasteiger partial charge on any atom is 0.330 e. The summed E-state index contributed by atoms with van der Waals surface area (Å²) in [6.45, 7) is 2.99. The lowest BCUT2D eigenvalue weighted by molar-refractivity contribution is 0.248. The lowest BCUT2D eigenvalue weighted by Crippen LogP contribution is -2.49. The number of urea groups is 1. The van der Waals surface area contributed by atoms with E-state index in [0.717, 1.165) is 17.7 Å². The molecular weight excluding hydrogens is 409 g/mol. The first-order chi connectivity index (χ1) is 14.0. The van der Waals surface area contributed by atoms with Gasteiger partial charge in [-0.25, -0.2) is 14.2 Å². The van der Waals surface area contributed by atoms with E-state index in [0.29, 0.717) is 33.7 Å². The highest BCUT2D eigenvalue weighted by Crippen LogP contribution is 2.32. The molecule has 0 radical (unpaired) electrons. The summed E-state index contributed by atoms with van der Waals surface area (Å²) in [7, 11) is -1.13. The van der Waals surface area contributed by atoms with Gasteiger partial charge in [0.05, 0.1) is 16.5 Å². The smallest absolute Gasteiger partial charge is 0.294 e. The van der Waals surface area contributed by atoms with Gasteiger partial charge in [-0.2, -0.15) is 0 Å². The molecule has 0 aliphatic carbocycles. The third-order valence-electron chi connectivity index (χ3n) is 4.82. The van der Waals surface area contributed by atoms with Gasteiger partial charge in [-0.15, -0.1) is 0 Å². The second-order valence-corrected chi connectivity index (χ2v) is 9.34. The van der Waals surface area contributed by atoms with Crippen molar-refractivity contribution >= 4 is 39.0 Å². The van der Waals surface area contributed by atoms with Gasteiger partial charge in [0.25, 0.3) is 0 Å². The Labute approximate surface area is 175 Å². The Morgan fingerprint density at radius 2 is 1.76 bits per heavy atom. The number of aromatic nitrogens is 1. The molecule has 4 rings (SSSR count). The number of amides is 2. The molecule has 2 amide bonds. The highest BCUT2D eigenvalue weighted by Gasteiger charge is 2.30. The van der Waals surface area contributed by atoms with E-state index in [4.69, 9.17) is 0 Å². The summed E-state index contributed by atoms with van der Waals surface area (Å²) in [6.07, 6.45) is 2.41. The molecule has 8 heteroatoms. The number of halogens is 1. The lowest BCUT2D eigenvalue weighted by Gasteiger charge is -2.34. The molecule has 0 saturated carbocycles. The summed E-state index contributed by atoms with van der Waals surface area (Å²) in [5.41, 5.74) is 2.75. The molecule has 5 nitrogen and oxygen atoms in total. The Bertz CT molecular complexity index is 1080. The number of aryl methyl sites for hydroxylation is 1. The molecule has 1 saturated heterocycles. The van der Waals surface area contributed by atoms with Crippen LogP contribution in [0.25, 0.3) is 11.1 Å². The maximum absolute atomic E-state index is 14.0. The first-order valence-electron chi connectivity index (χ1n) is 9.20. The number of anilines is 2. The van der Waals surface area contributed by atoms with Crippen molar-refractivity contribution in [2.45, 2.75) is 17.6 Å². The van der Waals surface area contributed by atoms with Crippen LogP contribution in [0.4, 0.5) is 20.0 Å². The van der Waals surface area contributed by atoms with Crippen LogP contribution in [0.1, 0.15) is 12.1 Å². The van der Waals surface area contributed by atoms with Crippen molar-refractivity contribution in [3.05, 3.63) is 60.0 Å². The summed E-state index contributed by atoms with van der Waals surface area (Å²) < 4.78 is 26.6. The zero-order valence-corrected chi connectivity index (χ0v) is 17.7. The van der Waals surface area contributed by atoms with Gasteiger partial charge in [-0.3, -0.25) is 14.0 Å². The summed E-state index contributed by atoms with van der Waals surface area (Å²) in [6, 6.07) is 13.8. The summed E-state index contributed by atoms with van der Waals surface area (Å²) in [5.74, 6) is -0.274. The van der Waals surface area contributed by atoms with Crippen LogP contribution in [0, 0.1) is 12.7 Å². The molecule has 3 aromatic rings. The second kappa shape index (κ2) is 8.04. The third kappa shape index (κ3) is 3.82. The Balaban J connectivity index is 1.59. The van der Waals surface area contributed by atoms with Crippen molar-refractivity contribution in [1.29, 1.82) is 0 Å². The summed E-state index contributed by atoms with van der Waals surface area (Å²) >= 11 is 1.30. The van der Waals surface area contributed by atoms with E-state index in [1.54, 1.807) is 34.3 Å². The molecule has 0 spiro atoms. The molecular formula is C21H20FN3O2S2. The van der Waals surface area contributed by atoms with Crippen molar-refractivity contribution in [1.82, 2.24) is 4.98 Å². The average molecular weight is 430 g/mol. The quantitative estimate of drug-likeness (QED) is 0.597. The van der Waals surface area contributed by atoms with Gasteiger partial charge in [0.15, 0.2) is 5.13 Å². The van der Waals surface area contributed by atoms with E-state index >= 15 is 0 Å². The topological polar surface area (TPSA) is 53.5 Å². The van der Waals surface area contributed by atoms with Crippen molar-refractivity contribution in [2.75, 3.05) is 29.1 Å². The predicted molar refractivity (Wildman–Crippen MR) is 116 cm³/mol. The molecule has 1 aliphatic rings. The zero-order valence-electron chi connectivity index (χ0n) is 16.1. The third-order valence-corrected chi connectivity index (χ3v) is 7.57. The van der Waals surface area contributed by atoms with E-state index in [2.05, 4.69) is 4.98 Å². The standard InChI is InChI=1S/C21H20FN3O2S2/c1-14-19(29(2)27)28-20(23-14)25-13-5-12-24(21(25)26)16-10-8-15(9-11-16)17-6-3-4-7-18(17)22/h3-4,6-11H,5,12-13H2,1-2H3. The summed E-state index contributed by atoms with van der Waals surface area (Å²) in [4.78, 5) is 20.9. The minimum Gasteiger partial charge on any atom is -0.294 e. The van der Waals surface area contributed by atoms with Crippen LogP contribution in [0.3, 0.4) is 0 Å². The average Bonchev–Trinajstić information content (AvgIpc) is 3.10. The fourth-order valence-corrected chi connectivity index (χ4v) is 5.38. The van der Waals surface area contributed by atoms with Crippen molar-refractivity contribution < 1.29 is 13.4 Å². The maximum atomic E-state index is 14.0. The van der Waals surface area contributed by atoms with E-state index in [-0.39, 0.29) is 11.8 Å². The molecule has 150 valence electrons. The van der Waals surface area contributed by atoms with Crippen molar-refractivity contribution in [2.24, 2.45) is 0 Å². The molecule has 2 heterocycles. The number of hydrogen-bond acceptors (Lipinski definition) is 4. The number of benzene rings is 2. The Kier molecular flexibility index (Phi) is 5.47. The number of carbonyl (C=O) groups is 1. The minimum absolute atomic E-state index is 0.155. The van der Waals surface area contributed by atoms with Crippen molar-refractivity contribution in [3.8, 4) is 11.1 Å². The van der Waals surface area contributed by atoms with Gasteiger partial charge in [0.2, 0.25) is 0 Å². The first-order valence-corrected chi connectivity index (χ1v) is 11.6. The van der Waals surface area contributed by atoms with E-state index < -0.39 is 10.8 Å². The second-order valence-electron chi connectivity index (χ2n) is 6.79. The highest BCUT2D eigenvalue weighted by molar-refractivity contribution is 7.86. The van der Waals surface area contributed by atoms with Crippen LogP contribution >= 0.6 is 11.3 Å². The van der Waals surface area contributed by atoms with E-state index in [1.165, 1.54) is 17.4 Å². The summed E-state index contributed by atoms with van der Waals surface area (Å²) in [5, 5.41) is 0.574. The van der Waals surface area contributed by atoms with E-state index in [1.807, 2.05) is 31.2 Å². The van der Waals surface area contributed by atoms with Gasteiger partial charge in [0, 0.05) is 30.6 Å². The number of rotatable bonds is 4.